The van der Waals surface area contributed by atoms with Crippen LogP contribution < -0.4 is 5.32 Å². The van der Waals surface area contributed by atoms with Crippen molar-refractivity contribution in [3.8, 4) is 10.8 Å². The van der Waals surface area contributed by atoms with Crippen LogP contribution in [0, 0.1) is 6.92 Å². The van der Waals surface area contributed by atoms with Gasteiger partial charge in [-0.2, -0.15) is 9.29 Å². The Hall–Kier alpha value is -2.30. The summed E-state index contributed by atoms with van der Waals surface area (Å²) in [6.45, 7) is 3.47. The van der Waals surface area contributed by atoms with Gasteiger partial charge in [0.05, 0.1) is 22.6 Å². The molecular weight excluding hydrogens is 410 g/mol. The third-order valence-corrected chi connectivity index (χ3v) is 7.75. The van der Waals surface area contributed by atoms with E-state index in [9.17, 15) is 8.42 Å². The van der Waals surface area contributed by atoms with Gasteiger partial charge in [0, 0.05) is 18.8 Å². The van der Waals surface area contributed by atoms with Crippen LogP contribution >= 0.6 is 11.3 Å². The zero-order valence-corrected chi connectivity index (χ0v) is 17.8. The van der Waals surface area contributed by atoms with Gasteiger partial charge in [0.2, 0.25) is 10.0 Å². The van der Waals surface area contributed by atoms with Crippen molar-refractivity contribution in [2.45, 2.75) is 44.0 Å². The van der Waals surface area contributed by atoms with Gasteiger partial charge in [-0.05, 0) is 44.0 Å². The Balaban J connectivity index is 1.40. The van der Waals surface area contributed by atoms with E-state index < -0.39 is 10.0 Å². The summed E-state index contributed by atoms with van der Waals surface area (Å²) in [7, 11) is -3.43. The molecule has 0 amide bonds. The van der Waals surface area contributed by atoms with Crippen LogP contribution in [-0.2, 0) is 16.6 Å². The number of sulfonamides is 1. The Labute approximate surface area is 174 Å². The van der Waals surface area contributed by atoms with Crippen LogP contribution in [0.1, 0.15) is 37.2 Å². The van der Waals surface area contributed by atoms with Gasteiger partial charge in [0.1, 0.15) is 4.88 Å². The molecule has 0 saturated carbocycles. The van der Waals surface area contributed by atoms with Crippen molar-refractivity contribution in [3.63, 3.8) is 0 Å². The summed E-state index contributed by atoms with van der Waals surface area (Å²) in [5.41, 5.74) is 3.40. The number of benzene rings is 1. The molecule has 4 rings (SSSR count). The Morgan fingerprint density at radius 1 is 1.14 bits per heavy atom. The molecule has 1 fully saturated rings. The monoisotopic (exact) mass is 433 g/mol. The fourth-order valence-electron chi connectivity index (χ4n) is 3.28. The number of nitrogens with zero attached hydrogens (tertiary/aromatic N) is 4. The third-order valence-electron chi connectivity index (χ3n) is 4.92. The van der Waals surface area contributed by atoms with Crippen LogP contribution in [0.4, 0.5) is 5.69 Å². The summed E-state index contributed by atoms with van der Waals surface area (Å²) in [4.78, 5) is 9.76. The average molecular weight is 434 g/mol. The number of aryl methyl sites for hydroxylation is 1. The van der Waals surface area contributed by atoms with Crippen LogP contribution in [0.2, 0.25) is 0 Å². The molecule has 0 atom stereocenters. The smallest absolute Gasteiger partial charge is 0.269 e. The van der Waals surface area contributed by atoms with Gasteiger partial charge in [0.25, 0.3) is 5.89 Å². The van der Waals surface area contributed by atoms with E-state index in [1.54, 1.807) is 34.1 Å². The first-order valence-corrected chi connectivity index (χ1v) is 11.9. The highest BCUT2D eigenvalue weighted by molar-refractivity contribution is 7.89. The number of nitrogens with one attached hydrogen (secondary N) is 1. The van der Waals surface area contributed by atoms with Crippen molar-refractivity contribution >= 4 is 27.0 Å². The number of hydrogen-bond acceptors (Lipinski definition) is 8. The topological polar surface area (TPSA) is 101 Å². The van der Waals surface area contributed by atoms with Crippen molar-refractivity contribution in [1.29, 1.82) is 0 Å². The van der Waals surface area contributed by atoms with Crippen molar-refractivity contribution in [2.75, 3.05) is 18.4 Å². The lowest BCUT2D eigenvalue weighted by Crippen LogP contribution is -2.31. The number of anilines is 1. The van der Waals surface area contributed by atoms with Crippen LogP contribution in [0.25, 0.3) is 10.8 Å². The van der Waals surface area contributed by atoms with Crippen LogP contribution in [0.15, 0.2) is 39.2 Å². The molecule has 0 aliphatic carbocycles. The summed E-state index contributed by atoms with van der Waals surface area (Å²) < 4.78 is 32.6. The summed E-state index contributed by atoms with van der Waals surface area (Å²) >= 11 is 1.46. The summed E-state index contributed by atoms with van der Waals surface area (Å²) in [6, 6.07) is 6.81. The van der Waals surface area contributed by atoms with Gasteiger partial charge >= 0.3 is 0 Å². The molecular formula is C19H23N5O3S2. The molecule has 0 unspecified atom stereocenters. The standard InChI is InChI=1S/C19H23N5O3S2/c1-14-18(28-13-21-14)19-22-17(23-27-19)12-20-15-6-8-16(9-7-15)29(25,26)24-10-4-2-3-5-11-24/h6-9,13,20H,2-5,10-12H2,1H3. The molecule has 154 valence electrons. The Morgan fingerprint density at radius 2 is 1.86 bits per heavy atom. The van der Waals surface area contributed by atoms with Gasteiger partial charge < -0.3 is 9.84 Å². The number of rotatable bonds is 6. The van der Waals surface area contributed by atoms with Crippen molar-refractivity contribution in [1.82, 2.24) is 19.4 Å². The van der Waals surface area contributed by atoms with Gasteiger partial charge in [-0.15, -0.1) is 11.3 Å². The lowest BCUT2D eigenvalue weighted by Gasteiger charge is -2.20. The highest BCUT2D eigenvalue weighted by atomic mass is 32.2. The fourth-order valence-corrected chi connectivity index (χ4v) is 5.52. The maximum absolute atomic E-state index is 12.8. The predicted octanol–water partition coefficient (Wildman–Crippen LogP) is 3.68. The maximum Gasteiger partial charge on any atom is 0.269 e. The molecule has 3 heterocycles. The van der Waals surface area contributed by atoms with Crippen LogP contribution in [-0.4, -0.2) is 40.9 Å². The first-order valence-electron chi connectivity index (χ1n) is 9.61. The molecule has 8 nitrogen and oxygen atoms in total. The van der Waals surface area contributed by atoms with Crippen LogP contribution in [0.3, 0.4) is 0 Å². The molecule has 3 aromatic rings. The fraction of sp³-hybridized carbons (Fsp3) is 0.421. The van der Waals surface area contributed by atoms with Gasteiger partial charge in [-0.3, -0.25) is 0 Å². The highest BCUT2D eigenvalue weighted by Gasteiger charge is 2.24. The molecule has 1 aliphatic rings. The molecule has 2 aromatic heterocycles. The Kier molecular flexibility index (Phi) is 5.93. The van der Waals surface area contributed by atoms with Gasteiger partial charge in [-0.1, -0.05) is 18.0 Å². The lowest BCUT2D eigenvalue weighted by atomic mass is 10.2. The van der Waals surface area contributed by atoms with E-state index in [1.807, 2.05) is 6.92 Å². The maximum atomic E-state index is 12.8. The largest absolute Gasteiger partial charge is 0.378 e. The second-order valence-electron chi connectivity index (χ2n) is 6.98. The molecule has 0 spiro atoms. The van der Waals surface area contributed by atoms with E-state index in [-0.39, 0.29) is 0 Å². The second kappa shape index (κ2) is 8.60. The van der Waals surface area contributed by atoms with E-state index in [1.165, 1.54) is 11.3 Å². The quantitative estimate of drug-likeness (QED) is 0.633. The number of hydrogen-bond donors (Lipinski definition) is 1. The summed E-state index contributed by atoms with van der Waals surface area (Å²) in [5, 5.41) is 7.18. The van der Waals surface area contributed by atoms with Gasteiger partial charge in [-0.25, -0.2) is 13.4 Å². The molecule has 0 radical (unpaired) electrons. The summed E-state index contributed by atoms with van der Waals surface area (Å²) in [5.74, 6) is 0.981. The molecule has 10 heteroatoms. The molecule has 1 aromatic carbocycles. The van der Waals surface area contributed by atoms with Crippen molar-refractivity contribution in [3.05, 3.63) is 41.3 Å². The molecule has 1 saturated heterocycles. The minimum absolute atomic E-state index is 0.326. The second-order valence-corrected chi connectivity index (χ2v) is 9.77. The summed E-state index contributed by atoms with van der Waals surface area (Å²) in [6.07, 6.45) is 4.03. The van der Waals surface area contributed by atoms with Crippen LogP contribution in [0.5, 0.6) is 0 Å². The molecule has 1 N–H and O–H groups in total. The number of thiazole rings is 1. The zero-order valence-electron chi connectivity index (χ0n) is 16.2. The molecule has 1 aliphatic heterocycles. The SMILES string of the molecule is Cc1ncsc1-c1nc(CNc2ccc(S(=O)(=O)N3CCCCCC3)cc2)no1. The first-order chi connectivity index (χ1) is 14.0. The molecule has 0 bridgehead atoms. The minimum Gasteiger partial charge on any atom is -0.378 e. The Bertz CT molecular complexity index is 1050. The van der Waals surface area contributed by atoms with E-state index in [4.69, 9.17) is 4.52 Å². The minimum atomic E-state index is -3.43. The zero-order chi connectivity index (χ0) is 20.3. The van der Waals surface area contributed by atoms with Crippen molar-refractivity contribution in [2.24, 2.45) is 0 Å². The lowest BCUT2D eigenvalue weighted by molar-refractivity contribution is 0.423. The van der Waals surface area contributed by atoms with E-state index >= 15 is 0 Å². The van der Waals surface area contributed by atoms with E-state index in [0.717, 1.165) is 41.9 Å². The van der Waals surface area contributed by atoms with Crippen molar-refractivity contribution < 1.29 is 12.9 Å². The van der Waals surface area contributed by atoms with E-state index in [2.05, 4.69) is 20.4 Å². The first kappa shape index (κ1) is 20.0. The average Bonchev–Trinajstić information content (AvgIpc) is 3.26. The molecule has 29 heavy (non-hydrogen) atoms. The third kappa shape index (κ3) is 4.49. The normalized spacial score (nSPS) is 15.9. The van der Waals surface area contributed by atoms with Gasteiger partial charge in [0.15, 0.2) is 5.82 Å². The number of aromatic nitrogens is 3. The Morgan fingerprint density at radius 3 is 2.52 bits per heavy atom. The van der Waals surface area contributed by atoms with E-state index in [0.29, 0.717) is 36.2 Å². The predicted molar refractivity (Wildman–Crippen MR) is 111 cm³/mol. The highest BCUT2D eigenvalue weighted by Crippen LogP contribution is 2.26.